The minimum atomic E-state index is -0.719. The molecular formula is C17H23NO3. The number of benzene rings is 1. The average Bonchev–Trinajstić information content (AvgIpc) is 3.00. The Morgan fingerprint density at radius 3 is 2.86 bits per heavy atom. The summed E-state index contributed by atoms with van der Waals surface area (Å²) in [5, 5.41) is 19.8. The molecule has 1 aromatic rings. The van der Waals surface area contributed by atoms with Crippen LogP contribution in [0.25, 0.3) is 0 Å². The molecule has 4 nitrogen and oxygen atoms in total. The number of likely N-dealkylation sites (tertiary alicyclic amines) is 1. The summed E-state index contributed by atoms with van der Waals surface area (Å²) < 4.78 is 0. The highest BCUT2D eigenvalue weighted by Crippen LogP contribution is 2.46. The molecule has 2 fully saturated rings. The minimum Gasteiger partial charge on any atom is -0.508 e. The maximum Gasteiger partial charge on any atom is 0.321 e. The number of fused-ring (bicyclic) bond motifs is 1. The molecule has 4 atom stereocenters. The molecule has 114 valence electrons. The van der Waals surface area contributed by atoms with Gasteiger partial charge in [0, 0.05) is 18.2 Å². The van der Waals surface area contributed by atoms with Crippen LogP contribution in [0.4, 0.5) is 0 Å². The molecule has 0 aromatic heterocycles. The van der Waals surface area contributed by atoms with Gasteiger partial charge >= 0.3 is 5.97 Å². The Labute approximate surface area is 125 Å². The summed E-state index contributed by atoms with van der Waals surface area (Å²) in [6.07, 6.45) is 3.30. The molecular weight excluding hydrogens is 266 g/mol. The first-order chi connectivity index (χ1) is 9.99. The molecule has 0 spiro atoms. The van der Waals surface area contributed by atoms with E-state index in [-0.39, 0.29) is 17.7 Å². The smallest absolute Gasteiger partial charge is 0.321 e. The van der Waals surface area contributed by atoms with Crippen LogP contribution in [0, 0.1) is 18.8 Å². The van der Waals surface area contributed by atoms with Crippen LogP contribution in [0.5, 0.6) is 5.75 Å². The zero-order valence-electron chi connectivity index (χ0n) is 12.6. The van der Waals surface area contributed by atoms with Crippen molar-refractivity contribution in [1.29, 1.82) is 0 Å². The number of aliphatic carboxylic acids is 1. The van der Waals surface area contributed by atoms with Crippen LogP contribution in [0.1, 0.15) is 43.4 Å². The van der Waals surface area contributed by atoms with E-state index in [1.54, 1.807) is 6.07 Å². The lowest BCUT2D eigenvalue weighted by atomic mass is 9.94. The van der Waals surface area contributed by atoms with Crippen molar-refractivity contribution in [2.75, 3.05) is 6.54 Å². The van der Waals surface area contributed by atoms with E-state index < -0.39 is 12.0 Å². The van der Waals surface area contributed by atoms with E-state index in [0.717, 1.165) is 36.9 Å². The van der Waals surface area contributed by atoms with Gasteiger partial charge in [0.15, 0.2) is 0 Å². The summed E-state index contributed by atoms with van der Waals surface area (Å²) in [4.78, 5) is 13.8. The van der Waals surface area contributed by atoms with Gasteiger partial charge in [-0.1, -0.05) is 24.1 Å². The van der Waals surface area contributed by atoms with Crippen molar-refractivity contribution in [3.05, 3.63) is 29.3 Å². The van der Waals surface area contributed by atoms with Crippen molar-refractivity contribution in [2.45, 2.75) is 45.2 Å². The van der Waals surface area contributed by atoms with E-state index in [1.807, 2.05) is 26.0 Å². The lowest BCUT2D eigenvalue weighted by Crippen LogP contribution is -2.41. The second-order valence-corrected chi connectivity index (χ2v) is 6.57. The molecule has 0 radical (unpaired) electrons. The normalized spacial score (nSPS) is 30.3. The highest BCUT2D eigenvalue weighted by molar-refractivity contribution is 5.74. The number of aryl methyl sites for hydroxylation is 1. The molecule has 1 aromatic carbocycles. The van der Waals surface area contributed by atoms with Gasteiger partial charge in [0.2, 0.25) is 0 Å². The maximum atomic E-state index is 11.7. The van der Waals surface area contributed by atoms with Crippen LogP contribution < -0.4 is 0 Å². The number of aromatic hydroxyl groups is 1. The fourth-order valence-electron chi connectivity index (χ4n) is 4.25. The molecule has 1 heterocycles. The Kier molecular flexibility index (Phi) is 3.66. The minimum absolute atomic E-state index is 0.0726. The van der Waals surface area contributed by atoms with Gasteiger partial charge < -0.3 is 10.2 Å². The lowest BCUT2D eigenvalue weighted by Gasteiger charge is -2.31. The Hall–Kier alpha value is -1.55. The van der Waals surface area contributed by atoms with Gasteiger partial charge in [-0.05, 0) is 44.6 Å². The van der Waals surface area contributed by atoms with Crippen LogP contribution in [0.15, 0.2) is 18.2 Å². The highest BCUT2D eigenvalue weighted by atomic mass is 16.4. The van der Waals surface area contributed by atoms with Crippen molar-refractivity contribution in [3.63, 3.8) is 0 Å². The molecule has 1 saturated carbocycles. The average molecular weight is 289 g/mol. The molecule has 3 rings (SSSR count). The van der Waals surface area contributed by atoms with E-state index in [0.29, 0.717) is 5.92 Å². The van der Waals surface area contributed by atoms with E-state index in [4.69, 9.17) is 0 Å². The molecule has 4 unspecified atom stereocenters. The Balaban J connectivity index is 1.91. The van der Waals surface area contributed by atoms with Gasteiger partial charge in [0.05, 0.1) is 0 Å². The third-order valence-electron chi connectivity index (χ3n) is 5.31. The first-order valence-corrected chi connectivity index (χ1v) is 7.77. The van der Waals surface area contributed by atoms with Crippen LogP contribution in [-0.2, 0) is 4.79 Å². The Morgan fingerprint density at radius 2 is 2.14 bits per heavy atom. The van der Waals surface area contributed by atoms with Crippen molar-refractivity contribution in [2.24, 2.45) is 11.8 Å². The second kappa shape index (κ2) is 5.34. The molecule has 0 bridgehead atoms. The Morgan fingerprint density at radius 1 is 1.38 bits per heavy atom. The predicted molar refractivity (Wildman–Crippen MR) is 80.2 cm³/mol. The van der Waals surface area contributed by atoms with Crippen LogP contribution in [0.3, 0.4) is 0 Å². The molecule has 1 saturated heterocycles. The summed E-state index contributed by atoms with van der Waals surface area (Å²) >= 11 is 0. The van der Waals surface area contributed by atoms with Gasteiger partial charge in [-0.2, -0.15) is 0 Å². The fraction of sp³-hybridized carbons (Fsp3) is 0.588. The number of phenolic OH excluding ortho intramolecular Hbond substituents is 1. The SMILES string of the molecule is Cc1ccc(O)c(C(C)N2CC3CCCC3C2C(=O)O)c1. The number of carboxylic acid groups (broad SMARTS) is 1. The van der Waals surface area contributed by atoms with E-state index in [9.17, 15) is 15.0 Å². The number of hydrogen-bond acceptors (Lipinski definition) is 3. The van der Waals surface area contributed by atoms with Crippen molar-refractivity contribution < 1.29 is 15.0 Å². The zero-order valence-corrected chi connectivity index (χ0v) is 12.6. The lowest BCUT2D eigenvalue weighted by molar-refractivity contribution is -0.144. The van der Waals surface area contributed by atoms with E-state index >= 15 is 0 Å². The topological polar surface area (TPSA) is 60.8 Å². The standard InChI is InChI=1S/C17H23NO3/c1-10-6-7-15(19)14(8-10)11(2)18-9-12-4-3-5-13(12)16(18)17(20)21/h6-8,11-13,16,19H,3-5,9H2,1-2H3,(H,20,21). The zero-order chi connectivity index (χ0) is 15.1. The predicted octanol–water partition coefficient (Wildman–Crippen LogP) is 2.95. The van der Waals surface area contributed by atoms with E-state index in [1.165, 1.54) is 0 Å². The number of rotatable bonds is 3. The molecule has 1 aliphatic heterocycles. The van der Waals surface area contributed by atoms with Gasteiger partial charge in [0.1, 0.15) is 11.8 Å². The molecule has 2 aliphatic rings. The van der Waals surface area contributed by atoms with Crippen LogP contribution in [-0.4, -0.2) is 33.7 Å². The first-order valence-electron chi connectivity index (χ1n) is 7.77. The molecule has 21 heavy (non-hydrogen) atoms. The van der Waals surface area contributed by atoms with Gasteiger partial charge in [-0.3, -0.25) is 9.69 Å². The Bertz CT molecular complexity index is 557. The van der Waals surface area contributed by atoms with E-state index in [2.05, 4.69) is 4.90 Å². The van der Waals surface area contributed by atoms with Crippen LogP contribution in [0.2, 0.25) is 0 Å². The number of carbonyl (C=O) groups is 1. The number of nitrogens with zero attached hydrogens (tertiary/aromatic N) is 1. The van der Waals surface area contributed by atoms with Crippen LogP contribution >= 0.6 is 0 Å². The number of carboxylic acids is 1. The largest absolute Gasteiger partial charge is 0.508 e. The fourth-order valence-corrected chi connectivity index (χ4v) is 4.25. The molecule has 2 N–H and O–H groups in total. The van der Waals surface area contributed by atoms with Gasteiger partial charge in [0.25, 0.3) is 0 Å². The summed E-state index contributed by atoms with van der Waals surface area (Å²) in [5.41, 5.74) is 1.92. The van der Waals surface area contributed by atoms with Crippen molar-refractivity contribution in [3.8, 4) is 5.75 Å². The van der Waals surface area contributed by atoms with Crippen molar-refractivity contribution in [1.82, 2.24) is 4.90 Å². The number of hydrogen-bond donors (Lipinski definition) is 2. The maximum absolute atomic E-state index is 11.7. The molecule has 0 amide bonds. The monoisotopic (exact) mass is 289 g/mol. The third kappa shape index (κ3) is 2.42. The first kappa shape index (κ1) is 14.4. The summed E-state index contributed by atoms with van der Waals surface area (Å²) in [6, 6.07) is 5.06. The van der Waals surface area contributed by atoms with Crippen molar-refractivity contribution >= 4 is 5.97 Å². The summed E-state index contributed by atoms with van der Waals surface area (Å²) in [5.74, 6) is 0.315. The highest BCUT2D eigenvalue weighted by Gasteiger charge is 2.49. The van der Waals surface area contributed by atoms with Gasteiger partial charge in [-0.25, -0.2) is 0 Å². The summed E-state index contributed by atoms with van der Waals surface area (Å²) in [6.45, 7) is 4.82. The van der Waals surface area contributed by atoms with Gasteiger partial charge in [-0.15, -0.1) is 0 Å². The quantitative estimate of drug-likeness (QED) is 0.898. The number of phenols is 1. The summed E-state index contributed by atoms with van der Waals surface area (Å²) in [7, 11) is 0. The molecule has 4 heteroatoms. The second-order valence-electron chi connectivity index (χ2n) is 6.57. The molecule has 1 aliphatic carbocycles. The third-order valence-corrected chi connectivity index (χ3v) is 5.31.